The van der Waals surface area contributed by atoms with Crippen LogP contribution in [0.5, 0.6) is 5.75 Å². The van der Waals surface area contributed by atoms with E-state index in [0.717, 1.165) is 33.1 Å². The van der Waals surface area contributed by atoms with Gasteiger partial charge in [0, 0.05) is 11.6 Å². The molecule has 4 aromatic carbocycles. The van der Waals surface area contributed by atoms with Crippen LogP contribution in [0, 0.1) is 11.8 Å². The third kappa shape index (κ3) is 7.00. The summed E-state index contributed by atoms with van der Waals surface area (Å²) in [4.78, 5) is 29.0. The molecule has 0 atom stereocenters. The lowest BCUT2D eigenvalue weighted by Gasteiger charge is -2.23. The van der Waals surface area contributed by atoms with Gasteiger partial charge in [-0.25, -0.2) is 9.59 Å². The van der Waals surface area contributed by atoms with Gasteiger partial charge in [-0.2, -0.15) is 0 Å². The molecule has 0 bridgehead atoms. The Kier molecular flexibility index (Phi) is 9.08. The first-order chi connectivity index (χ1) is 20.1. The summed E-state index contributed by atoms with van der Waals surface area (Å²) in [6, 6.07) is 35.0. The average molecular weight is 564 g/mol. The van der Waals surface area contributed by atoms with Crippen LogP contribution in [-0.4, -0.2) is 31.3 Å². The van der Waals surface area contributed by atoms with Gasteiger partial charge in [-0.1, -0.05) is 60.5 Å². The molecule has 206 valence electrons. The van der Waals surface area contributed by atoms with Crippen LogP contribution in [0.15, 0.2) is 124 Å². The summed E-state index contributed by atoms with van der Waals surface area (Å²) in [7, 11) is 1.08. The Balaban J connectivity index is 1.33. The molecule has 0 saturated heterocycles. The molecular formula is C35H31O5S+. The van der Waals surface area contributed by atoms with E-state index >= 15 is 0 Å². The first kappa shape index (κ1) is 28.1. The van der Waals surface area contributed by atoms with Crippen LogP contribution in [0.4, 0.5) is 0 Å². The van der Waals surface area contributed by atoms with Gasteiger partial charge in [0.1, 0.15) is 10.9 Å². The Labute approximate surface area is 243 Å². The van der Waals surface area contributed by atoms with Crippen molar-refractivity contribution < 1.29 is 23.8 Å². The van der Waals surface area contributed by atoms with Crippen molar-refractivity contribution in [2.45, 2.75) is 46.0 Å². The minimum absolute atomic E-state index is 0.331. The molecule has 1 aliphatic rings. The molecule has 1 aliphatic carbocycles. The van der Waals surface area contributed by atoms with Gasteiger partial charge in [0.2, 0.25) is 4.90 Å². The second-order valence-corrected chi connectivity index (χ2v) is 11.7. The molecule has 0 spiro atoms. The molecule has 1 saturated carbocycles. The second kappa shape index (κ2) is 13.3. The van der Waals surface area contributed by atoms with Gasteiger partial charge in [0.15, 0.2) is 27.7 Å². The standard InChI is InChI=1S/C35H31O5S/c1-38-31-20-19-28(25-32(31)41(29-15-7-3-8-16-29)30-17-9-4-10-18-30)34(37)39-26-33(36)40-35(22-11-12-23-35)24-21-27-13-5-2-6-14-27/h2-10,13-20,25H,11-12,22-23,26H2,1H3/q+1. The molecule has 1 fully saturated rings. The number of esters is 2. The highest BCUT2D eigenvalue weighted by molar-refractivity contribution is 7.97. The minimum atomic E-state index is -0.855. The van der Waals surface area contributed by atoms with Crippen LogP contribution >= 0.6 is 0 Å². The Hall–Kier alpha value is -4.47. The summed E-state index contributed by atoms with van der Waals surface area (Å²) < 4.78 is 17.0. The fourth-order valence-corrected chi connectivity index (χ4v) is 7.06. The smallest absolute Gasteiger partial charge is 0.345 e. The molecule has 4 aromatic rings. The highest BCUT2D eigenvalue weighted by Gasteiger charge is 2.37. The predicted octanol–water partition coefficient (Wildman–Crippen LogP) is 6.86. The zero-order valence-electron chi connectivity index (χ0n) is 22.9. The van der Waals surface area contributed by atoms with Crippen LogP contribution in [-0.2, 0) is 25.2 Å². The van der Waals surface area contributed by atoms with E-state index in [4.69, 9.17) is 14.2 Å². The Morgan fingerprint density at radius 3 is 1.98 bits per heavy atom. The lowest BCUT2D eigenvalue weighted by Crippen LogP contribution is -2.32. The number of hydrogen-bond acceptors (Lipinski definition) is 5. The molecule has 5 nitrogen and oxygen atoms in total. The van der Waals surface area contributed by atoms with E-state index in [1.54, 1.807) is 25.3 Å². The van der Waals surface area contributed by atoms with Gasteiger partial charge < -0.3 is 14.2 Å². The van der Waals surface area contributed by atoms with Gasteiger partial charge in [-0.3, -0.25) is 0 Å². The van der Waals surface area contributed by atoms with Crippen LogP contribution < -0.4 is 4.74 Å². The Morgan fingerprint density at radius 2 is 1.39 bits per heavy atom. The molecule has 0 aliphatic heterocycles. The van der Waals surface area contributed by atoms with Crippen molar-refractivity contribution in [1.82, 2.24) is 0 Å². The topological polar surface area (TPSA) is 61.8 Å². The summed E-state index contributed by atoms with van der Waals surface area (Å²) in [5, 5.41) is 0. The first-order valence-electron chi connectivity index (χ1n) is 13.6. The predicted molar refractivity (Wildman–Crippen MR) is 159 cm³/mol. The van der Waals surface area contributed by atoms with Crippen LogP contribution in [0.3, 0.4) is 0 Å². The first-order valence-corrected chi connectivity index (χ1v) is 14.8. The fraction of sp³-hybridized carbons (Fsp3) is 0.200. The molecule has 0 unspecified atom stereocenters. The van der Waals surface area contributed by atoms with Gasteiger partial charge in [-0.15, -0.1) is 0 Å². The zero-order chi connectivity index (χ0) is 28.5. The van der Waals surface area contributed by atoms with Crippen molar-refractivity contribution in [3.63, 3.8) is 0 Å². The van der Waals surface area contributed by atoms with E-state index in [0.29, 0.717) is 24.2 Å². The minimum Gasteiger partial charge on any atom is -0.491 e. The van der Waals surface area contributed by atoms with Gasteiger partial charge >= 0.3 is 11.9 Å². The molecular weight excluding hydrogens is 532 g/mol. The fourth-order valence-electron chi connectivity index (χ4n) is 4.83. The number of carbonyl (C=O) groups excluding carboxylic acids is 2. The van der Waals surface area contributed by atoms with E-state index in [-0.39, 0.29) is 0 Å². The summed E-state index contributed by atoms with van der Waals surface area (Å²) >= 11 is 0. The summed E-state index contributed by atoms with van der Waals surface area (Å²) in [5.74, 6) is 5.76. The van der Waals surface area contributed by atoms with Crippen molar-refractivity contribution in [2.75, 3.05) is 13.7 Å². The summed E-state index contributed by atoms with van der Waals surface area (Å²) in [6.45, 7) is -0.488. The van der Waals surface area contributed by atoms with Crippen molar-refractivity contribution in [1.29, 1.82) is 0 Å². The quantitative estimate of drug-likeness (QED) is 0.133. The third-order valence-electron chi connectivity index (χ3n) is 6.83. The van der Waals surface area contributed by atoms with Crippen molar-refractivity contribution in [2.24, 2.45) is 0 Å². The maximum Gasteiger partial charge on any atom is 0.345 e. The van der Waals surface area contributed by atoms with E-state index in [9.17, 15) is 9.59 Å². The highest BCUT2D eigenvalue weighted by atomic mass is 32.2. The number of hydrogen-bond donors (Lipinski definition) is 0. The van der Waals surface area contributed by atoms with Crippen molar-refractivity contribution in [3.8, 4) is 17.6 Å². The Bertz CT molecular complexity index is 1500. The lowest BCUT2D eigenvalue weighted by atomic mass is 10.0. The molecule has 0 aromatic heterocycles. The second-order valence-electron chi connectivity index (χ2n) is 9.67. The monoisotopic (exact) mass is 563 g/mol. The normalized spacial score (nSPS) is 13.6. The molecule has 0 amide bonds. The largest absolute Gasteiger partial charge is 0.491 e. The number of benzene rings is 4. The molecule has 0 radical (unpaired) electrons. The number of carbonyl (C=O) groups is 2. The third-order valence-corrected chi connectivity index (χ3v) is 9.07. The maximum absolute atomic E-state index is 13.1. The van der Waals surface area contributed by atoms with Crippen molar-refractivity contribution in [3.05, 3.63) is 120 Å². The van der Waals surface area contributed by atoms with Crippen LogP contribution in [0.2, 0.25) is 0 Å². The molecule has 6 heteroatoms. The van der Waals surface area contributed by atoms with Gasteiger partial charge in [0.05, 0.1) is 12.7 Å². The molecule has 41 heavy (non-hydrogen) atoms. The lowest BCUT2D eigenvalue weighted by molar-refractivity contribution is -0.157. The summed E-state index contributed by atoms with van der Waals surface area (Å²) in [6.07, 6.45) is 3.18. The Morgan fingerprint density at radius 1 is 0.805 bits per heavy atom. The number of rotatable bonds is 8. The number of ether oxygens (including phenoxy) is 3. The molecule has 0 heterocycles. The van der Waals surface area contributed by atoms with Gasteiger partial charge in [-0.05, 0) is 80.1 Å². The SMILES string of the molecule is COc1ccc(C(=O)OCC(=O)OC2(C#Cc3ccccc3)CCCC2)cc1[S+](c1ccccc1)c1ccccc1. The average Bonchev–Trinajstić information content (AvgIpc) is 3.49. The maximum atomic E-state index is 13.1. The molecule has 0 N–H and O–H groups in total. The highest BCUT2D eigenvalue weighted by Crippen LogP contribution is 2.37. The van der Waals surface area contributed by atoms with E-state index < -0.39 is 35.0 Å². The van der Waals surface area contributed by atoms with Crippen LogP contribution in [0.1, 0.15) is 41.6 Å². The van der Waals surface area contributed by atoms with E-state index in [1.165, 1.54) is 0 Å². The zero-order valence-corrected chi connectivity index (χ0v) is 23.7. The summed E-state index contributed by atoms with van der Waals surface area (Å²) in [5.41, 5.74) is 0.339. The van der Waals surface area contributed by atoms with Crippen LogP contribution in [0.25, 0.3) is 0 Å². The van der Waals surface area contributed by atoms with E-state index in [1.807, 2.05) is 66.7 Å². The number of methoxy groups -OCH3 is 1. The van der Waals surface area contributed by atoms with Crippen molar-refractivity contribution >= 4 is 22.8 Å². The molecule has 5 rings (SSSR count). The van der Waals surface area contributed by atoms with Gasteiger partial charge in [0.25, 0.3) is 0 Å². The van der Waals surface area contributed by atoms with E-state index in [2.05, 4.69) is 36.1 Å².